The lowest BCUT2D eigenvalue weighted by Crippen LogP contribution is -2.05. The predicted octanol–water partition coefficient (Wildman–Crippen LogP) is 4.60. The molecule has 3 heteroatoms. The van der Waals surface area contributed by atoms with Gasteiger partial charge in [0.1, 0.15) is 0 Å². The van der Waals surface area contributed by atoms with Crippen molar-refractivity contribution in [2.24, 2.45) is 0 Å². The maximum Gasteiger partial charge on any atom is 0.416 e. The molecule has 0 amide bonds. The molecule has 1 rings (SSSR count). The van der Waals surface area contributed by atoms with E-state index in [9.17, 15) is 13.2 Å². The van der Waals surface area contributed by atoms with Crippen LogP contribution in [0.25, 0.3) is 0 Å². The normalized spacial score (nSPS) is 10.6. The van der Waals surface area contributed by atoms with E-state index in [0.29, 0.717) is 6.42 Å². The minimum atomic E-state index is -4.22. The van der Waals surface area contributed by atoms with Crippen LogP contribution in [-0.4, -0.2) is 0 Å². The second-order valence-electron chi connectivity index (χ2n) is 2.99. The van der Waals surface area contributed by atoms with Gasteiger partial charge in [-0.1, -0.05) is 26.8 Å². The van der Waals surface area contributed by atoms with E-state index in [2.05, 4.69) is 0 Å². The van der Waals surface area contributed by atoms with Gasteiger partial charge in [0.2, 0.25) is 0 Å². The second-order valence-corrected chi connectivity index (χ2v) is 2.99. The van der Waals surface area contributed by atoms with Crippen LogP contribution in [0.15, 0.2) is 18.2 Å². The van der Waals surface area contributed by atoms with Gasteiger partial charge in [-0.05, 0) is 36.6 Å². The highest BCUT2D eigenvalue weighted by atomic mass is 19.4. The van der Waals surface area contributed by atoms with E-state index in [1.165, 1.54) is 12.1 Å². The van der Waals surface area contributed by atoms with Crippen LogP contribution < -0.4 is 0 Å². The van der Waals surface area contributed by atoms with Crippen LogP contribution in [0.5, 0.6) is 0 Å². The Kier molecular flexibility index (Phi) is 5.40. The topological polar surface area (TPSA) is 0 Å². The highest BCUT2D eigenvalue weighted by Crippen LogP contribution is 2.30. The summed E-state index contributed by atoms with van der Waals surface area (Å²) in [6.45, 7) is 7.67. The largest absolute Gasteiger partial charge is 0.416 e. The minimum absolute atomic E-state index is 0.560. The van der Waals surface area contributed by atoms with E-state index in [0.717, 1.165) is 17.2 Å². The lowest BCUT2D eigenvalue weighted by atomic mass is 10.0. The van der Waals surface area contributed by atoms with Crippen LogP contribution in [-0.2, 0) is 12.6 Å². The maximum atomic E-state index is 12.2. The summed E-state index contributed by atoms with van der Waals surface area (Å²) in [6, 6.07) is 3.85. The van der Waals surface area contributed by atoms with Crippen molar-refractivity contribution in [1.82, 2.24) is 0 Å². The van der Waals surface area contributed by atoms with E-state index in [-0.39, 0.29) is 0 Å². The van der Waals surface area contributed by atoms with E-state index in [4.69, 9.17) is 0 Å². The molecule has 0 fully saturated rings. The molecule has 0 aromatic heterocycles. The molecule has 0 saturated heterocycles. The van der Waals surface area contributed by atoms with E-state index in [1.54, 1.807) is 0 Å². The molecule has 0 unspecified atom stereocenters. The molecule has 1 aromatic carbocycles. The van der Waals surface area contributed by atoms with Gasteiger partial charge >= 0.3 is 6.18 Å². The van der Waals surface area contributed by atoms with Crippen LogP contribution in [0.4, 0.5) is 13.2 Å². The number of hydrogen-bond acceptors (Lipinski definition) is 0. The van der Waals surface area contributed by atoms with E-state index < -0.39 is 11.7 Å². The Balaban J connectivity index is 0.000000921. The van der Waals surface area contributed by atoms with Crippen LogP contribution in [0.1, 0.15) is 37.5 Å². The number of halogens is 3. The monoisotopic (exact) mass is 218 g/mol. The molecule has 0 bridgehead atoms. The minimum Gasteiger partial charge on any atom is -0.166 e. The molecule has 0 nitrogen and oxygen atoms in total. The van der Waals surface area contributed by atoms with Gasteiger partial charge in [-0.3, -0.25) is 0 Å². The first-order valence-electron chi connectivity index (χ1n) is 5.12. The Hall–Kier alpha value is -0.990. The van der Waals surface area contributed by atoms with Gasteiger partial charge in [0, 0.05) is 0 Å². The van der Waals surface area contributed by atoms with Crippen molar-refractivity contribution < 1.29 is 13.2 Å². The fourth-order valence-electron chi connectivity index (χ4n) is 1.23. The summed E-state index contributed by atoms with van der Waals surface area (Å²) >= 11 is 0. The van der Waals surface area contributed by atoms with Crippen molar-refractivity contribution in [3.05, 3.63) is 34.9 Å². The standard InChI is InChI=1S/C10H11F3.C2H6/c1-3-8-6-9(10(11,12)13)5-4-7(8)2;1-2/h4-6H,3H2,1-2H3;1-2H3. The van der Waals surface area contributed by atoms with Crippen molar-refractivity contribution in [2.75, 3.05) is 0 Å². The number of alkyl halides is 3. The van der Waals surface area contributed by atoms with Crippen molar-refractivity contribution in [1.29, 1.82) is 0 Å². The zero-order chi connectivity index (χ0) is 12.1. The Morgan fingerprint density at radius 3 is 2.07 bits per heavy atom. The Bertz CT molecular complexity index is 300. The van der Waals surface area contributed by atoms with Crippen LogP contribution >= 0.6 is 0 Å². The van der Waals surface area contributed by atoms with E-state index >= 15 is 0 Å². The molecule has 0 aliphatic rings. The van der Waals surface area contributed by atoms with Gasteiger partial charge in [-0.15, -0.1) is 0 Å². The zero-order valence-corrected chi connectivity index (χ0v) is 9.57. The predicted molar refractivity (Wildman–Crippen MR) is 56.9 cm³/mol. The molecule has 0 spiro atoms. The molecule has 0 aliphatic heterocycles. The van der Waals surface area contributed by atoms with Crippen molar-refractivity contribution in [3.8, 4) is 0 Å². The molecular weight excluding hydrogens is 201 g/mol. The van der Waals surface area contributed by atoms with Crippen LogP contribution in [0, 0.1) is 6.92 Å². The molecule has 1 aromatic rings. The Labute approximate surface area is 89.1 Å². The van der Waals surface area contributed by atoms with Crippen LogP contribution in [0.3, 0.4) is 0 Å². The van der Waals surface area contributed by atoms with Gasteiger partial charge in [0.15, 0.2) is 0 Å². The zero-order valence-electron chi connectivity index (χ0n) is 9.57. The molecule has 0 atom stereocenters. The van der Waals surface area contributed by atoms with Gasteiger partial charge < -0.3 is 0 Å². The molecule has 0 radical (unpaired) electrons. The average molecular weight is 218 g/mol. The first kappa shape index (κ1) is 14.0. The van der Waals surface area contributed by atoms with E-state index in [1.807, 2.05) is 27.7 Å². The quantitative estimate of drug-likeness (QED) is 0.646. The highest BCUT2D eigenvalue weighted by molar-refractivity contribution is 5.32. The molecule has 15 heavy (non-hydrogen) atoms. The summed E-state index contributed by atoms with van der Waals surface area (Å²) in [5.41, 5.74) is 1.11. The Morgan fingerprint density at radius 2 is 1.67 bits per heavy atom. The first-order chi connectivity index (χ1) is 6.95. The summed E-state index contributed by atoms with van der Waals surface area (Å²) < 4.78 is 36.7. The average Bonchev–Trinajstić information content (AvgIpc) is 2.20. The molecule has 0 heterocycles. The first-order valence-corrected chi connectivity index (χ1v) is 5.12. The summed E-state index contributed by atoms with van der Waals surface area (Å²) in [4.78, 5) is 0. The van der Waals surface area contributed by atoms with Crippen molar-refractivity contribution in [3.63, 3.8) is 0 Å². The van der Waals surface area contributed by atoms with Gasteiger partial charge in [0.05, 0.1) is 5.56 Å². The second kappa shape index (κ2) is 5.79. The SMILES string of the molecule is CC.CCc1cc(C(F)(F)F)ccc1C. The Morgan fingerprint density at radius 1 is 1.13 bits per heavy atom. The lowest BCUT2D eigenvalue weighted by molar-refractivity contribution is -0.137. The summed E-state index contributed by atoms with van der Waals surface area (Å²) in [7, 11) is 0. The number of hydrogen-bond donors (Lipinski definition) is 0. The van der Waals surface area contributed by atoms with Crippen molar-refractivity contribution >= 4 is 0 Å². The van der Waals surface area contributed by atoms with Crippen LogP contribution in [0.2, 0.25) is 0 Å². The molecular formula is C12H17F3. The fraction of sp³-hybridized carbons (Fsp3) is 0.500. The third-order valence-electron chi connectivity index (χ3n) is 2.06. The summed E-state index contributed by atoms with van der Waals surface area (Å²) in [5, 5.41) is 0. The highest BCUT2D eigenvalue weighted by Gasteiger charge is 2.30. The molecule has 0 N–H and O–H groups in total. The fourth-order valence-corrected chi connectivity index (χ4v) is 1.23. The van der Waals surface area contributed by atoms with Gasteiger partial charge in [-0.25, -0.2) is 0 Å². The third kappa shape index (κ3) is 3.94. The number of rotatable bonds is 1. The third-order valence-corrected chi connectivity index (χ3v) is 2.06. The number of aryl methyl sites for hydroxylation is 2. The molecule has 0 saturated carbocycles. The number of benzene rings is 1. The lowest BCUT2D eigenvalue weighted by Gasteiger charge is -2.09. The van der Waals surface area contributed by atoms with Gasteiger partial charge in [0.25, 0.3) is 0 Å². The summed E-state index contributed by atoms with van der Waals surface area (Å²) in [6.07, 6.45) is -3.59. The van der Waals surface area contributed by atoms with Crippen molar-refractivity contribution in [2.45, 2.75) is 40.3 Å². The molecule has 0 aliphatic carbocycles. The maximum absolute atomic E-state index is 12.2. The van der Waals surface area contributed by atoms with Gasteiger partial charge in [-0.2, -0.15) is 13.2 Å². The molecule has 86 valence electrons. The smallest absolute Gasteiger partial charge is 0.166 e. The summed E-state index contributed by atoms with van der Waals surface area (Å²) in [5.74, 6) is 0.